The van der Waals surface area contributed by atoms with Crippen LogP contribution in [-0.4, -0.2) is 14.7 Å². The van der Waals surface area contributed by atoms with Crippen LogP contribution in [-0.2, 0) is 15.6 Å². The Morgan fingerprint density at radius 2 is 2.15 bits per heavy atom. The molecule has 0 aromatic heterocycles. The lowest BCUT2D eigenvalue weighted by molar-refractivity contribution is 0.601. The van der Waals surface area contributed by atoms with Crippen LogP contribution in [0.3, 0.4) is 0 Å². The summed E-state index contributed by atoms with van der Waals surface area (Å²) in [5, 5.41) is 0. The van der Waals surface area contributed by atoms with Crippen molar-refractivity contribution in [1.82, 2.24) is 0 Å². The molecular formula is C9H9NO2S. The van der Waals surface area contributed by atoms with Gasteiger partial charge in [0.25, 0.3) is 0 Å². The van der Waals surface area contributed by atoms with E-state index in [2.05, 4.69) is 4.85 Å². The van der Waals surface area contributed by atoms with Crippen molar-refractivity contribution in [3.8, 4) is 0 Å². The highest BCUT2D eigenvalue weighted by atomic mass is 32.2. The Labute approximate surface area is 77.8 Å². The fraction of sp³-hybridized carbons (Fsp3) is 0.222. The summed E-state index contributed by atoms with van der Waals surface area (Å²) in [7, 11) is -3.01. The number of nitrogens with zero attached hydrogens (tertiary/aromatic N) is 1. The summed E-state index contributed by atoms with van der Waals surface area (Å²) in [5.74, 6) is -0.00361. The van der Waals surface area contributed by atoms with Gasteiger partial charge in [-0.05, 0) is 5.56 Å². The number of hydrogen-bond acceptors (Lipinski definition) is 2. The molecule has 0 radical (unpaired) electrons. The van der Waals surface area contributed by atoms with E-state index >= 15 is 0 Å². The summed E-state index contributed by atoms with van der Waals surface area (Å²) in [6, 6.07) is 6.64. The van der Waals surface area contributed by atoms with E-state index in [0.717, 1.165) is 0 Å². The van der Waals surface area contributed by atoms with Gasteiger partial charge in [0, 0.05) is 6.26 Å². The minimum absolute atomic E-state index is 0.00361. The summed E-state index contributed by atoms with van der Waals surface area (Å²) in [5.41, 5.74) is 1.14. The lowest BCUT2D eigenvalue weighted by atomic mass is 10.2. The second-order valence-electron chi connectivity index (χ2n) is 2.85. The van der Waals surface area contributed by atoms with Crippen LogP contribution in [0, 0.1) is 6.57 Å². The van der Waals surface area contributed by atoms with E-state index in [1.807, 2.05) is 0 Å². The molecule has 0 N–H and O–H groups in total. The predicted octanol–water partition coefficient (Wildman–Crippen LogP) is 1.78. The Bertz CT molecular complexity index is 443. The quantitative estimate of drug-likeness (QED) is 0.675. The normalized spacial score (nSPS) is 10.8. The Morgan fingerprint density at radius 3 is 2.69 bits per heavy atom. The molecule has 3 nitrogen and oxygen atoms in total. The first-order chi connectivity index (χ1) is 6.01. The average molecular weight is 195 g/mol. The first-order valence-electron chi connectivity index (χ1n) is 3.65. The van der Waals surface area contributed by atoms with E-state index in [0.29, 0.717) is 11.3 Å². The Morgan fingerprint density at radius 1 is 1.46 bits per heavy atom. The van der Waals surface area contributed by atoms with Gasteiger partial charge < -0.3 is 0 Å². The molecule has 0 unspecified atom stereocenters. The molecule has 0 aliphatic heterocycles. The minimum Gasteiger partial charge on any atom is -0.238 e. The highest BCUT2D eigenvalue weighted by Crippen LogP contribution is 2.15. The average Bonchev–Trinajstić information content (AvgIpc) is 2.01. The van der Waals surface area contributed by atoms with Crippen LogP contribution in [0.4, 0.5) is 5.69 Å². The highest BCUT2D eigenvalue weighted by molar-refractivity contribution is 7.89. The predicted molar refractivity (Wildman–Crippen MR) is 51.3 cm³/mol. The minimum atomic E-state index is -3.01. The van der Waals surface area contributed by atoms with Gasteiger partial charge >= 0.3 is 0 Å². The smallest absolute Gasteiger partial charge is 0.187 e. The number of hydrogen-bond donors (Lipinski definition) is 0. The molecule has 1 aromatic carbocycles. The fourth-order valence-corrected chi connectivity index (χ4v) is 1.80. The molecule has 68 valence electrons. The van der Waals surface area contributed by atoms with Crippen molar-refractivity contribution in [2.75, 3.05) is 6.26 Å². The molecule has 0 spiro atoms. The summed E-state index contributed by atoms with van der Waals surface area (Å²) in [4.78, 5) is 3.22. The van der Waals surface area contributed by atoms with Gasteiger partial charge in [-0.15, -0.1) is 0 Å². The van der Waals surface area contributed by atoms with Crippen LogP contribution in [0.25, 0.3) is 4.85 Å². The van der Waals surface area contributed by atoms with E-state index in [-0.39, 0.29) is 5.75 Å². The molecule has 0 aliphatic rings. The van der Waals surface area contributed by atoms with Gasteiger partial charge in [0.15, 0.2) is 15.5 Å². The van der Waals surface area contributed by atoms with Crippen LogP contribution in [0.5, 0.6) is 0 Å². The Balaban J connectivity index is 2.99. The molecule has 0 heterocycles. The zero-order valence-corrected chi connectivity index (χ0v) is 8.00. The molecule has 0 saturated heterocycles. The molecule has 0 aliphatic carbocycles. The summed E-state index contributed by atoms with van der Waals surface area (Å²) in [6.07, 6.45) is 1.18. The van der Waals surface area contributed by atoms with Gasteiger partial charge in [0.1, 0.15) is 0 Å². The van der Waals surface area contributed by atoms with Crippen molar-refractivity contribution < 1.29 is 8.42 Å². The maximum atomic E-state index is 10.9. The zero-order chi connectivity index (χ0) is 9.90. The number of benzene rings is 1. The lowest BCUT2D eigenvalue weighted by Gasteiger charge is -1.98. The molecule has 4 heteroatoms. The SMILES string of the molecule is [C-]#[N+]c1cccc(CS(C)(=O)=O)c1. The van der Waals surface area contributed by atoms with Crippen LogP contribution in [0.2, 0.25) is 0 Å². The van der Waals surface area contributed by atoms with Crippen molar-refractivity contribution in [3.05, 3.63) is 41.2 Å². The van der Waals surface area contributed by atoms with Crippen molar-refractivity contribution >= 4 is 15.5 Å². The monoisotopic (exact) mass is 195 g/mol. The van der Waals surface area contributed by atoms with Crippen molar-refractivity contribution in [1.29, 1.82) is 0 Å². The van der Waals surface area contributed by atoms with E-state index < -0.39 is 9.84 Å². The van der Waals surface area contributed by atoms with Gasteiger partial charge in [-0.3, -0.25) is 0 Å². The number of sulfone groups is 1. The molecule has 0 atom stereocenters. The third kappa shape index (κ3) is 3.26. The van der Waals surface area contributed by atoms with Gasteiger partial charge in [-0.2, -0.15) is 0 Å². The standard InChI is InChI=1S/C9H9NO2S/c1-10-9-5-3-4-8(6-9)7-13(2,11)12/h3-6H,7H2,2H3. The molecule has 1 aromatic rings. The second-order valence-corrected chi connectivity index (χ2v) is 4.99. The van der Waals surface area contributed by atoms with E-state index in [1.54, 1.807) is 24.3 Å². The maximum Gasteiger partial charge on any atom is 0.187 e. The maximum absolute atomic E-state index is 10.9. The van der Waals surface area contributed by atoms with Crippen LogP contribution in [0.15, 0.2) is 24.3 Å². The van der Waals surface area contributed by atoms with E-state index in [4.69, 9.17) is 6.57 Å². The molecule has 0 saturated carbocycles. The first kappa shape index (κ1) is 9.75. The van der Waals surface area contributed by atoms with Crippen LogP contribution in [0.1, 0.15) is 5.56 Å². The van der Waals surface area contributed by atoms with E-state index in [1.165, 1.54) is 6.26 Å². The Kier molecular flexibility index (Phi) is 2.69. The first-order valence-corrected chi connectivity index (χ1v) is 5.71. The van der Waals surface area contributed by atoms with Gasteiger partial charge in [-0.25, -0.2) is 13.3 Å². The zero-order valence-electron chi connectivity index (χ0n) is 7.19. The van der Waals surface area contributed by atoms with Crippen molar-refractivity contribution in [2.45, 2.75) is 5.75 Å². The fourth-order valence-electron chi connectivity index (χ4n) is 1.02. The van der Waals surface area contributed by atoms with Crippen molar-refractivity contribution in [3.63, 3.8) is 0 Å². The summed E-state index contributed by atoms with van der Waals surface area (Å²) in [6.45, 7) is 6.75. The molecular weight excluding hydrogens is 186 g/mol. The molecule has 1 rings (SSSR count). The molecule has 0 amide bonds. The van der Waals surface area contributed by atoms with Crippen LogP contribution < -0.4 is 0 Å². The van der Waals surface area contributed by atoms with E-state index in [9.17, 15) is 8.42 Å². The molecule has 0 bridgehead atoms. The van der Waals surface area contributed by atoms with Crippen molar-refractivity contribution in [2.24, 2.45) is 0 Å². The second kappa shape index (κ2) is 3.58. The third-order valence-electron chi connectivity index (χ3n) is 1.47. The Hall–Kier alpha value is -1.34. The largest absolute Gasteiger partial charge is 0.238 e. The topological polar surface area (TPSA) is 38.5 Å². The lowest BCUT2D eigenvalue weighted by Crippen LogP contribution is -1.99. The van der Waals surface area contributed by atoms with Gasteiger partial charge in [0.05, 0.1) is 12.3 Å². The molecule has 0 fully saturated rings. The highest BCUT2D eigenvalue weighted by Gasteiger charge is 2.04. The third-order valence-corrected chi connectivity index (χ3v) is 2.33. The number of rotatable bonds is 2. The summed E-state index contributed by atoms with van der Waals surface area (Å²) < 4.78 is 21.8. The summed E-state index contributed by atoms with van der Waals surface area (Å²) >= 11 is 0. The molecule has 13 heavy (non-hydrogen) atoms. The van der Waals surface area contributed by atoms with Gasteiger partial charge in [0.2, 0.25) is 0 Å². The van der Waals surface area contributed by atoms with Gasteiger partial charge in [-0.1, -0.05) is 24.3 Å². The van der Waals surface area contributed by atoms with Crippen LogP contribution >= 0.6 is 0 Å².